The van der Waals surface area contributed by atoms with Crippen molar-refractivity contribution in [2.75, 3.05) is 7.11 Å². The highest BCUT2D eigenvalue weighted by Crippen LogP contribution is 2.26. The summed E-state index contributed by atoms with van der Waals surface area (Å²) < 4.78 is 5.24. The van der Waals surface area contributed by atoms with Crippen LogP contribution < -0.4 is 4.74 Å². The van der Waals surface area contributed by atoms with E-state index in [1.165, 1.54) is 25.7 Å². The maximum Gasteiger partial charge on any atom is 0.119 e. The minimum absolute atomic E-state index is 0.349. The molecule has 0 radical (unpaired) electrons. The van der Waals surface area contributed by atoms with Crippen LogP contribution in [0.3, 0.4) is 0 Å². The third kappa shape index (κ3) is 4.47. The van der Waals surface area contributed by atoms with Crippen molar-refractivity contribution in [1.29, 1.82) is 0 Å². The Hall–Kier alpha value is -1.54. The van der Waals surface area contributed by atoms with E-state index in [9.17, 15) is 5.11 Å². The summed E-state index contributed by atoms with van der Waals surface area (Å²) in [5.74, 6) is 0.867. The number of aliphatic hydroxyl groups excluding tert-OH is 1. The van der Waals surface area contributed by atoms with Gasteiger partial charge in [-0.25, -0.2) is 0 Å². The van der Waals surface area contributed by atoms with Gasteiger partial charge in [-0.15, -0.1) is 0 Å². The average molecular weight is 286 g/mol. The van der Waals surface area contributed by atoms with Crippen molar-refractivity contribution in [3.8, 4) is 5.75 Å². The zero-order valence-electron chi connectivity index (χ0n) is 13.1. The summed E-state index contributed by atoms with van der Waals surface area (Å²) in [6.07, 6.45) is 6.66. The molecule has 0 amide bonds. The van der Waals surface area contributed by atoms with Gasteiger partial charge in [-0.05, 0) is 41.0 Å². The summed E-state index contributed by atoms with van der Waals surface area (Å²) in [4.78, 5) is 0. The summed E-state index contributed by atoms with van der Waals surface area (Å²) >= 11 is 0. The van der Waals surface area contributed by atoms with Gasteiger partial charge in [0.1, 0.15) is 5.75 Å². The lowest BCUT2D eigenvalue weighted by Gasteiger charge is -2.12. The van der Waals surface area contributed by atoms with E-state index >= 15 is 0 Å². The van der Waals surface area contributed by atoms with Gasteiger partial charge in [0.2, 0.25) is 0 Å². The van der Waals surface area contributed by atoms with Crippen LogP contribution >= 0.6 is 0 Å². The number of fused-ring (bicyclic) bond motifs is 1. The van der Waals surface area contributed by atoms with Crippen LogP contribution in [0.25, 0.3) is 10.8 Å². The summed E-state index contributed by atoms with van der Waals surface area (Å²) in [5.41, 5.74) is 1.02. The zero-order valence-corrected chi connectivity index (χ0v) is 13.1. The first-order valence-corrected chi connectivity index (χ1v) is 8.00. The van der Waals surface area contributed by atoms with Crippen LogP contribution in [0, 0.1) is 0 Å². The fourth-order valence-corrected chi connectivity index (χ4v) is 2.68. The standard InChI is InChI=1S/C19H26O2/c1-3-4-5-6-7-8-19(20)17-10-9-16-14-18(21-2)12-11-15(16)13-17/h9-14,19-20H,3-8H2,1-2H3. The quantitative estimate of drug-likeness (QED) is 0.672. The first kappa shape index (κ1) is 15.8. The molecule has 2 rings (SSSR count). The van der Waals surface area contributed by atoms with Crippen molar-refractivity contribution < 1.29 is 9.84 Å². The molecule has 21 heavy (non-hydrogen) atoms. The second kappa shape index (κ2) is 8.04. The molecule has 2 aromatic rings. The molecular weight excluding hydrogens is 260 g/mol. The van der Waals surface area contributed by atoms with Gasteiger partial charge in [0.15, 0.2) is 0 Å². The van der Waals surface area contributed by atoms with E-state index in [1.54, 1.807) is 7.11 Å². The van der Waals surface area contributed by atoms with Crippen LogP contribution in [0.1, 0.15) is 57.1 Å². The molecule has 2 aromatic carbocycles. The molecule has 0 aromatic heterocycles. The molecule has 0 bridgehead atoms. The van der Waals surface area contributed by atoms with E-state index < -0.39 is 0 Å². The van der Waals surface area contributed by atoms with Gasteiger partial charge in [0, 0.05) is 0 Å². The van der Waals surface area contributed by atoms with Crippen LogP contribution in [0.15, 0.2) is 36.4 Å². The van der Waals surface area contributed by atoms with Gasteiger partial charge in [0.25, 0.3) is 0 Å². The van der Waals surface area contributed by atoms with Gasteiger partial charge in [-0.3, -0.25) is 0 Å². The van der Waals surface area contributed by atoms with E-state index in [0.717, 1.165) is 34.9 Å². The number of unbranched alkanes of at least 4 members (excludes halogenated alkanes) is 4. The molecule has 0 heterocycles. The van der Waals surface area contributed by atoms with Gasteiger partial charge >= 0.3 is 0 Å². The largest absolute Gasteiger partial charge is 0.497 e. The summed E-state index contributed by atoms with van der Waals surface area (Å²) in [5, 5.41) is 12.6. The number of aliphatic hydroxyl groups is 1. The van der Waals surface area contributed by atoms with Crippen molar-refractivity contribution in [3.05, 3.63) is 42.0 Å². The summed E-state index contributed by atoms with van der Waals surface area (Å²) in [7, 11) is 1.68. The maximum atomic E-state index is 10.3. The maximum absolute atomic E-state index is 10.3. The van der Waals surface area contributed by atoms with Crippen molar-refractivity contribution in [1.82, 2.24) is 0 Å². The van der Waals surface area contributed by atoms with Gasteiger partial charge in [-0.1, -0.05) is 57.2 Å². The second-order valence-corrected chi connectivity index (χ2v) is 5.69. The van der Waals surface area contributed by atoms with Crippen molar-refractivity contribution in [2.24, 2.45) is 0 Å². The molecular formula is C19H26O2. The van der Waals surface area contributed by atoms with Gasteiger partial charge in [-0.2, -0.15) is 0 Å². The Morgan fingerprint density at radius 3 is 2.43 bits per heavy atom. The minimum atomic E-state index is -0.349. The van der Waals surface area contributed by atoms with E-state index in [0.29, 0.717) is 0 Å². The lowest BCUT2D eigenvalue weighted by Crippen LogP contribution is -1.97. The monoisotopic (exact) mass is 286 g/mol. The smallest absolute Gasteiger partial charge is 0.119 e. The molecule has 2 heteroatoms. The third-order valence-corrected chi connectivity index (χ3v) is 4.04. The highest BCUT2D eigenvalue weighted by atomic mass is 16.5. The zero-order chi connectivity index (χ0) is 15.1. The molecule has 1 atom stereocenters. The SMILES string of the molecule is CCCCCCCC(O)c1ccc2cc(OC)ccc2c1. The fourth-order valence-electron chi connectivity index (χ4n) is 2.68. The van der Waals surface area contributed by atoms with Crippen LogP contribution in [-0.2, 0) is 0 Å². The molecule has 2 nitrogen and oxygen atoms in total. The molecule has 0 aliphatic heterocycles. The molecule has 0 aliphatic carbocycles. The Labute approximate surface area is 127 Å². The summed E-state index contributed by atoms with van der Waals surface area (Å²) in [6.45, 7) is 2.22. The molecule has 0 saturated carbocycles. The van der Waals surface area contributed by atoms with Crippen molar-refractivity contribution in [3.63, 3.8) is 0 Å². The highest BCUT2D eigenvalue weighted by molar-refractivity contribution is 5.84. The van der Waals surface area contributed by atoms with E-state index in [-0.39, 0.29) is 6.10 Å². The number of hydrogen-bond donors (Lipinski definition) is 1. The highest BCUT2D eigenvalue weighted by Gasteiger charge is 2.08. The lowest BCUT2D eigenvalue weighted by molar-refractivity contribution is 0.163. The normalized spacial score (nSPS) is 12.5. The summed E-state index contributed by atoms with van der Waals surface area (Å²) in [6, 6.07) is 12.2. The molecule has 1 unspecified atom stereocenters. The van der Waals surface area contributed by atoms with E-state index in [1.807, 2.05) is 24.3 Å². The Bertz CT molecular complexity index is 562. The number of ether oxygens (including phenoxy) is 1. The molecule has 1 N–H and O–H groups in total. The van der Waals surface area contributed by atoms with Crippen LogP contribution in [0.2, 0.25) is 0 Å². The molecule has 114 valence electrons. The number of rotatable bonds is 8. The first-order chi connectivity index (χ1) is 10.2. The average Bonchev–Trinajstić information content (AvgIpc) is 2.53. The molecule has 0 fully saturated rings. The van der Waals surface area contributed by atoms with Crippen LogP contribution in [0.4, 0.5) is 0 Å². The second-order valence-electron chi connectivity index (χ2n) is 5.69. The fraction of sp³-hybridized carbons (Fsp3) is 0.474. The Morgan fingerprint density at radius 1 is 0.952 bits per heavy atom. The molecule has 0 saturated heterocycles. The molecule has 0 aliphatic rings. The predicted octanol–water partition coefficient (Wildman–Crippen LogP) is 5.24. The Kier molecular flexibility index (Phi) is 6.06. The van der Waals surface area contributed by atoms with Gasteiger partial charge < -0.3 is 9.84 Å². The van der Waals surface area contributed by atoms with Gasteiger partial charge in [0.05, 0.1) is 13.2 Å². The minimum Gasteiger partial charge on any atom is -0.497 e. The van der Waals surface area contributed by atoms with E-state index in [2.05, 4.69) is 19.1 Å². The Balaban J connectivity index is 1.98. The van der Waals surface area contributed by atoms with Crippen LogP contribution in [0.5, 0.6) is 5.75 Å². The number of benzene rings is 2. The predicted molar refractivity (Wildman–Crippen MR) is 88.8 cm³/mol. The molecule has 0 spiro atoms. The Morgan fingerprint density at radius 2 is 1.67 bits per heavy atom. The van der Waals surface area contributed by atoms with E-state index in [4.69, 9.17) is 4.74 Å². The third-order valence-electron chi connectivity index (χ3n) is 4.04. The lowest BCUT2D eigenvalue weighted by atomic mass is 9.99. The van der Waals surface area contributed by atoms with Crippen molar-refractivity contribution >= 4 is 10.8 Å². The van der Waals surface area contributed by atoms with Crippen LogP contribution in [-0.4, -0.2) is 12.2 Å². The first-order valence-electron chi connectivity index (χ1n) is 8.00. The number of methoxy groups -OCH3 is 1. The number of hydrogen-bond acceptors (Lipinski definition) is 2. The van der Waals surface area contributed by atoms with Crippen molar-refractivity contribution in [2.45, 2.75) is 51.6 Å². The topological polar surface area (TPSA) is 29.5 Å².